The van der Waals surface area contributed by atoms with Gasteiger partial charge in [0.25, 0.3) is 0 Å². The summed E-state index contributed by atoms with van der Waals surface area (Å²) in [6.07, 6.45) is 1.78. The van der Waals surface area contributed by atoms with Crippen LogP contribution in [0.3, 0.4) is 0 Å². The van der Waals surface area contributed by atoms with Crippen molar-refractivity contribution < 1.29 is 4.74 Å². The van der Waals surface area contributed by atoms with Crippen LogP contribution in [-0.2, 0) is 6.61 Å². The van der Waals surface area contributed by atoms with Gasteiger partial charge >= 0.3 is 0 Å². The largest absolute Gasteiger partial charge is 0.487 e. The summed E-state index contributed by atoms with van der Waals surface area (Å²) in [6, 6.07) is 9.05. The van der Waals surface area contributed by atoms with E-state index in [1.807, 2.05) is 19.1 Å². The van der Waals surface area contributed by atoms with Gasteiger partial charge in [-0.25, -0.2) is 4.98 Å². The highest BCUT2D eigenvalue weighted by atomic mass is 35.5. The fraction of sp³-hybridized carbons (Fsp3) is 0.214. The zero-order valence-electron chi connectivity index (χ0n) is 10.5. The van der Waals surface area contributed by atoms with Crippen LogP contribution < -0.4 is 10.1 Å². The number of halogens is 2. The molecule has 0 bridgehead atoms. The van der Waals surface area contributed by atoms with E-state index in [9.17, 15) is 0 Å². The summed E-state index contributed by atoms with van der Waals surface area (Å²) < 4.78 is 5.63. The first-order valence-corrected chi connectivity index (χ1v) is 6.71. The number of nitrogens with zero attached hydrogens (tertiary/aromatic N) is 1. The predicted octanol–water partition coefficient (Wildman–Crippen LogP) is 4.40. The Hall–Kier alpha value is -1.45. The number of anilines is 1. The second-order valence-electron chi connectivity index (χ2n) is 3.95. The molecule has 1 N–H and O–H groups in total. The molecule has 0 saturated carbocycles. The van der Waals surface area contributed by atoms with Crippen LogP contribution in [0.2, 0.25) is 10.0 Å². The minimum Gasteiger partial charge on any atom is -0.487 e. The summed E-state index contributed by atoms with van der Waals surface area (Å²) in [4.78, 5) is 4.27. The van der Waals surface area contributed by atoms with E-state index in [4.69, 9.17) is 27.9 Å². The van der Waals surface area contributed by atoms with Gasteiger partial charge in [0.15, 0.2) is 0 Å². The minimum absolute atomic E-state index is 0.417. The molecule has 2 aromatic rings. The summed E-state index contributed by atoms with van der Waals surface area (Å²) in [7, 11) is 0. The number of aromatic nitrogens is 1. The average molecular weight is 297 g/mol. The van der Waals surface area contributed by atoms with E-state index < -0.39 is 0 Å². The van der Waals surface area contributed by atoms with Crippen molar-refractivity contribution in [2.24, 2.45) is 0 Å². The Morgan fingerprint density at radius 1 is 1.21 bits per heavy atom. The van der Waals surface area contributed by atoms with Crippen molar-refractivity contribution in [1.82, 2.24) is 4.98 Å². The number of nitrogens with one attached hydrogen (secondary N) is 1. The molecule has 1 heterocycles. The summed E-state index contributed by atoms with van der Waals surface area (Å²) in [5, 5.41) is 4.23. The van der Waals surface area contributed by atoms with Crippen LogP contribution in [0.5, 0.6) is 5.75 Å². The standard InChI is InChI=1S/C14H14Cl2N2O/c1-2-17-14-6-3-10(8-18-14)9-19-13-5-4-11(15)7-12(13)16/h3-8H,2,9H2,1H3,(H,17,18). The van der Waals surface area contributed by atoms with Gasteiger partial charge in [-0.2, -0.15) is 0 Å². The number of benzene rings is 1. The van der Waals surface area contributed by atoms with Gasteiger partial charge in [0, 0.05) is 23.3 Å². The second kappa shape index (κ2) is 6.64. The predicted molar refractivity (Wildman–Crippen MR) is 79.2 cm³/mol. The molecule has 1 aromatic heterocycles. The van der Waals surface area contributed by atoms with Crippen LogP contribution in [0.15, 0.2) is 36.5 Å². The first-order chi connectivity index (χ1) is 9.19. The Kier molecular flexibility index (Phi) is 4.88. The van der Waals surface area contributed by atoms with E-state index in [1.165, 1.54) is 0 Å². The molecule has 0 aliphatic carbocycles. The van der Waals surface area contributed by atoms with Crippen molar-refractivity contribution in [2.75, 3.05) is 11.9 Å². The summed E-state index contributed by atoms with van der Waals surface area (Å²) in [6.45, 7) is 3.30. The number of pyridine rings is 1. The van der Waals surface area contributed by atoms with Gasteiger partial charge in [-0.05, 0) is 31.2 Å². The third kappa shape index (κ3) is 4.01. The monoisotopic (exact) mass is 296 g/mol. The molecule has 5 heteroatoms. The highest BCUT2D eigenvalue weighted by Gasteiger charge is 2.03. The first kappa shape index (κ1) is 14.0. The minimum atomic E-state index is 0.417. The van der Waals surface area contributed by atoms with Crippen molar-refractivity contribution >= 4 is 29.0 Å². The van der Waals surface area contributed by atoms with Crippen LogP contribution in [0.4, 0.5) is 5.82 Å². The van der Waals surface area contributed by atoms with Gasteiger partial charge in [-0.1, -0.05) is 29.3 Å². The number of rotatable bonds is 5. The molecule has 0 aliphatic rings. The van der Waals surface area contributed by atoms with Crippen molar-refractivity contribution in [3.05, 3.63) is 52.1 Å². The Balaban J connectivity index is 1.98. The molecule has 0 fully saturated rings. The van der Waals surface area contributed by atoms with Gasteiger partial charge in [-0.15, -0.1) is 0 Å². The van der Waals surface area contributed by atoms with Gasteiger partial charge in [0.2, 0.25) is 0 Å². The summed E-state index contributed by atoms with van der Waals surface area (Å²) >= 11 is 11.9. The number of hydrogen-bond acceptors (Lipinski definition) is 3. The van der Waals surface area contributed by atoms with Crippen molar-refractivity contribution in [1.29, 1.82) is 0 Å². The molecular formula is C14H14Cl2N2O. The van der Waals surface area contributed by atoms with E-state index in [0.717, 1.165) is 17.9 Å². The quantitative estimate of drug-likeness (QED) is 0.888. The van der Waals surface area contributed by atoms with Crippen LogP contribution >= 0.6 is 23.2 Å². The van der Waals surface area contributed by atoms with E-state index >= 15 is 0 Å². The lowest BCUT2D eigenvalue weighted by Gasteiger charge is -2.09. The Labute approximate surface area is 122 Å². The zero-order valence-corrected chi connectivity index (χ0v) is 12.0. The molecular weight excluding hydrogens is 283 g/mol. The van der Waals surface area contributed by atoms with E-state index in [1.54, 1.807) is 24.4 Å². The van der Waals surface area contributed by atoms with Gasteiger partial charge in [-0.3, -0.25) is 0 Å². The molecule has 0 unspecified atom stereocenters. The van der Waals surface area contributed by atoms with E-state index in [0.29, 0.717) is 22.4 Å². The molecule has 2 rings (SSSR count). The molecule has 1 aromatic carbocycles. The Morgan fingerprint density at radius 3 is 2.68 bits per heavy atom. The maximum atomic E-state index is 6.03. The lowest BCUT2D eigenvalue weighted by molar-refractivity contribution is 0.306. The van der Waals surface area contributed by atoms with Crippen molar-refractivity contribution in [3.63, 3.8) is 0 Å². The lowest BCUT2D eigenvalue weighted by Crippen LogP contribution is -2.01. The fourth-order valence-corrected chi connectivity index (χ4v) is 2.01. The molecule has 0 saturated heterocycles. The van der Waals surface area contributed by atoms with Crippen molar-refractivity contribution in [2.45, 2.75) is 13.5 Å². The fourth-order valence-electron chi connectivity index (χ4n) is 1.55. The molecule has 0 radical (unpaired) electrons. The molecule has 0 atom stereocenters. The molecule has 19 heavy (non-hydrogen) atoms. The zero-order chi connectivity index (χ0) is 13.7. The Morgan fingerprint density at radius 2 is 2.05 bits per heavy atom. The van der Waals surface area contributed by atoms with Gasteiger partial charge in [0.1, 0.15) is 18.2 Å². The van der Waals surface area contributed by atoms with Crippen LogP contribution in [0.1, 0.15) is 12.5 Å². The maximum Gasteiger partial charge on any atom is 0.138 e. The van der Waals surface area contributed by atoms with Crippen LogP contribution in [-0.4, -0.2) is 11.5 Å². The maximum absolute atomic E-state index is 6.03. The Bertz CT molecular complexity index is 544. The summed E-state index contributed by atoms with van der Waals surface area (Å²) in [5.41, 5.74) is 0.979. The molecule has 0 spiro atoms. The lowest BCUT2D eigenvalue weighted by atomic mass is 10.3. The molecule has 100 valence electrons. The molecule has 3 nitrogen and oxygen atoms in total. The third-order valence-corrected chi connectivity index (χ3v) is 3.00. The highest BCUT2D eigenvalue weighted by molar-refractivity contribution is 6.35. The average Bonchev–Trinajstić information content (AvgIpc) is 2.40. The van der Waals surface area contributed by atoms with Gasteiger partial charge in [0.05, 0.1) is 5.02 Å². The smallest absolute Gasteiger partial charge is 0.138 e. The third-order valence-electron chi connectivity index (χ3n) is 2.47. The molecule has 0 amide bonds. The molecule has 0 aliphatic heterocycles. The van der Waals surface area contributed by atoms with Gasteiger partial charge < -0.3 is 10.1 Å². The first-order valence-electron chi connectivity index (χ1n) is 5.95. The number of ether oxygens (including phenoxy) is 1. The topological polar surface area (TPSA) is 34.1 Å². The van der Waals surface area contributed by atoms with Crippen LogP contribution in [0.25, 0.3) is 0 Å². The summed E-state index contributed by atoms with van der Waals surface area (Å²) in [5.74, 6) is 1.47. The van der Waals surface area contributed by atoms with E-state index in [-0.39, 0.29) is 0 Å². The second-order valence-corrected chi connectivity index (χ2v) is 4.79. The normalized spacial score (nSPS) is 10.3. The van der Waals surface area contributed by atoms with Crippen molar-refractivity contribution in [3.8, 4) is 5.75 Å². The van der Waals surface area contributed by atoms with Crippen LogP contribution in [0, 0.1) is 0 Å². The SMILES string of the molecule is CCNc1ccc(COc2ccc(Cl)cc2Cl)cn1. The van der Waals surface area contributed by atoms with E-state index in [2.05, 4.69) is 10.3 Å². The highest BCUT2D eigenvalue weighted by Crippen LogP contribution is 2.28. The number of hydrogen-bond donors (Lipinski definition) is 1.